The topological polar surface area (TPSA) is 30.5 Å². The highest BCUT2D eigenvalue weighted by molar-refractivity contribution is 5.62. The summed E-state index contributed by atoms with van der Waals surface area (Å²) in [7, 11) is 1.42. The average molecular weight is 285 g/mol. The van der Waals surface area contributed by atoms with Crippen LogP contribution in [0, 0.1) is 5.92 Å². The second kappa shape index (κ2) is 8.53. The first kappa shape index (κ1) is 16.4. The molecule has 0 saturated carbocycles. The normalized spacial score (nSPS) is 11.6. The van der Waals surface area contributed by atoms with Crippen molar-refractivity contribution >= 4 is 6.08 Å². The van der Waals surface area contributed by atoms with Crippen LogP contribution in [0.25, 0.3) is 6.08 Å². The van der Waals surface area contributed by atoms with Crippen LogP contribution < -0.4 is 14.8 Å². The zero-order chi connectivity index (χ0) is 15.0. The van der Waals surface area contributed by atoms with Crippen LogP contribution in [-0.4, -0.2) is 26.8 Å². The Balaban J connectivity index is 2.75. The van der Waals surface area contributed by atoms with Gasteiger partial charge >= 0.3 is 6.61 Å². The molecule has 0 aliphatic carbocycles. The molecule has 1 aromatic rings. The fraction of sp³-hybridized carbons (Fsp3) is 0.467. The van der Waals surface area contributed by atoms with E-state index in [2.05, 4.69) is 23.9 Å². The second-order valence-corrected chi connectivity index (χ2v) is 4.71. The fourth-order valence-corrected chi connectivity index (χ4v) is 1.68. The van der Waals surface area contributed by atoms with Gasteiger partial charge in [-0.1, -0.05) is 38.1 Å². The molecule has 0 fully saturated rings. The molecular formula is C15H21F2NO2. The summed E-state index contributed by atoms with van der Waals surface area (Å²) in [5.74, 6) is 0.922. The third-order valence-electron chi connectivity index (χ3n) is 2.55. The molecule has 0 aromatic heterocycles. The van der Waals surface area contributed by atoms with E-state index in [1.165, 1.54) is 7.11 Å². The van der Waals surface area contributed by atoms with Gasteiger partial charge in [0, 0.05) is 12.1 Å². The summed E-state index contributed by atoms with van der Waals surface area (Å²) < 4.78 is 34.4. The van der Waals surface area contributed by atoms with Gasteiger partial charge in [-0.3, -0.25) is 0 Å². The monoisotopic (exact) mass is 285 g/mol. The van der Waals surface area contributed by atoms with Crippen molar-refractivity contribution < 1.29 is 18.3 Å². The SMILES string of the molecule is COc1cccc(C=CCNCC(C)C)c1OC(F)F. The minimum Gasteiger partial charge on any atom is -0.493 e. The number of rotatable bonds is 8. The molecule has 5 heteroatoms. The third-order valence-corrected chi connectivity index (χ3v) is 2.55. The zero-order valence-corrected chi connectivity index (χ0v) is 12.0. The van der Waals surface area contributed by atoms with Crippen molar-refractivity contribution in [2.75, 3.05) is 20.2 Å². The summed E-state index contributed by atoms with van der Waals surface area (Å²) in [4.78, 5) is 0. The Morgan fingerprint density at radius 1 is 1.30 bits per heavy atom. The van der Waals surface area contributed by atoms with Crippen LogP contribution in [0.4, 0.5) is 8.78 Å². The number of benzene rings is 1. The molecule has 112 valence electrons. The number of nitrogens with one attached hydrogen (secondary N) is 1. The molecule has 0 aliphatic rings. The minimum atomic E-state index is -2.88. The van der Waals surface area contributed by atoms with Gasteiger partial charge in [-0.15, -0.1) is 0 Å². The van der Waals surface area contributed by atoms with Crippen molar-refractivity contribution in [3.63, 3.8) is 0 Å². The second-order valence-electron chi connectivity index (χ2n) is 4.71. The Labute approximate surface area is 118 Å². The first-order valence-electron chi connectivity index (χ1n) is 6.53. The summed E-state index contributed by atoms with van der Waals surface area (Å²) in [5, 5.41) is 3.24. The van der Waals surface area contributed by atoms with Crippen molar-refractivity contribution in [3.05, 3.63) is 29.8 Å². The highest BCUT2D eigenvalue weighted by Crippen LogP contribution is 2.33. The van der Waals surface area contributed by atoms with E-state index in [4.69, 9.17) is 4.74 Å². The van der Waals surface area contributed by atoms with Crippen LogP contribution >= 0.6 is 0 Å². The average Bonchev–Trinajstić information content (AvgIpc) is 2.39. The van der Waals surface area contributed by atoms with Gasteiger partial charge in [0.2, 0.25) is 0 Å². The maximum atomic E-state index is 12.4. The van der Waals surface area contributed by atoms with Crippen molar-refractivity contribution in [2.24, 2.45) is 5.92 Å². The molecule has 1 N–H and O–H groups in total. The van der Waals surface area contributed by atoms with Crippen LogP contribution in [0.2, 0.25) is 0 Å². The number of hydrogen-bond donors (Lipinski definition) is 1. The number of ether oxygens (including phenoxy) is 2. The summed E-state index contributed by atoms with van der Waals surface area (Å²) in [6, 6.07) is 5.03. The highest BCUT2D eigenvalue weighted by Gasteiger charge is 2.13. The summed E-state index contributed by atoms with van der Waals surface area (Å²) in [5.41, 5.74) is 0.566. The first-order chi connectivity index (χ1) is 9.54. The van der Waals surface area contributed by atoms with E-state index in [0.29, 0.717) is 23.8 Å². The van der Waals surface area contributed by atoms with E-state index >= 15 is 0 Å². The molecule has 0 unspecified atom stereocenters. The summed E-state index contributed by atoms with van der Waals surface area (Å²) in [6.45, 7) is 2.94. The van der Waals surface area contributed by atoms with Crippen molar-refractivity contribution in [2.45, 2.75) is 20.5 Å². The number of halogens is 2. The van der Waals surface area contributed by atoms with Crippen LogP contribution in [0.1, 0.15) is 19.4 Å². The molecule has 0 amide bonds. The van der Waals surface area contributed by atoms with Gasteiger partial charge in [-0.2, -0.15) is 8.78 Å². The Bertz CT molecular complexity index is 434. The molecule has 0 radical (unpaired) electrons. The first-order valence-corrected chi connectivity index (χ1v) is 6.53. The molecule has 0 atom stereocenters. The van der Waals surface area contributed by atoms with Gasteiger partial charge in [0.15, 0.2) is 11.5 Å². The van der Waals surface area contributed by atoms with Crippen molar-refractivity contribution in [1.29, 1.82) is 0 Å². The van der Waals surface area contributed by atoms with Gasteiger partial charge in [0.25, 0.3) is 0 Å². The Kier molecular flexibility index (Phi) is 7.01. The van der Waals surface area contributed by atoms with Gasteiger partial charge in [-0.05, 0) is 18.5 Å². The van der Waals surface area contributed by atoms with Crippen LogP contribution in [0.3, 0.4) is 0 Å². The van der Waals surface area contributed by atoms with E-state index in [9.17, 15) is 8.78 Å². The van der Waals surface area contributed by atoms with Crippen LogP contribution in [0.15, 0.2) is 24.3 Å². The standard InChI is InChI=1S/C15H21F2NO2/c1-11(2)10-18-9-5-7-12-6-4-8-13(19-3)14(12)20-15(16)17/h4-8,11,15,18H,9-10H2,1-3H3. The number of methoxy groups -OCH3 is 1. The predicted molar refractivity (Wildman–Crippen MR) is 76.4 cm³/mol. The number of para-hydroxylation sites is 1. The quantitative estimate of drug-likeness (QED) is 0.741. The summed E-state index contributed by atoms with van der Waals surface area (Å²) in [6.07, 6.45) is 3.61. The number of hydrogen-bond acceptors (Lipinski definition) is 3. The van der Waals surface area contributed by atoms with E-state index in [0.717, 1.165) is 6.54 Å². The smallest absolute Gasteiger partial charge is 0.387 e. The van der Waals surface area contributed by atoms with Crippen molar-refractivity contribution in [3.8, 4) is 11.5 Å². The molecule has 1 aromatic carbocycles. The van der Waals surface area contributed by atoms with E-state index in [1.807, 2.05) is 6.08 Å². The van der Waals surface area contributed by atoms with Gasteiger partial charge in [0.1, 0.15) is 0 Å². The lowest BCUT2D eigenvalue weighted by Gasteiger charge is -2.12. The molecular weight excluding hydrogens is 264 g/mol. The third kappa shape index (κ3) is 5.57. The summed E-state index contributed by atoms with van der Waals surface area (Å²) >= 11 is 0. The molecule has 0 spiro atoms. The van der Waals surface area contributed by atoms with E-state index in [-0.39, 0.29) is 5.75 Å². The van der Waals surface area contributed by atoms with Gasteiger partial charge in [-0.25, -0.2) is 0 Å². The fourth-order valence-electron chi connectivity index (χ4n) is 1.68. The Hall–Kier alpha value is -1.62. The molecule has 0 saturated heterocycles. The lowest BCUT2D eigenvalue weighted by Crippen LogP contribution is -2.19. The van der Waals surface area contributed by atoms with E-state index < -0.39 is 6.61 Å². The molecule has 0 aliphatic heterocycles. The van der Waals surface area contributed by atoms with Gasteiger partial charge in [0.05, 0.1) is 7.11 Å². The highest BCUT2D eigenvalue weighted by atomic mass is 19.3. The maximum absolute atomic E-state index is 12.4. The molecule has 20 heavy (non-hydrogen) atoms. The zero-order valence-electron chi connectivity index (χ0n) is 12.0. The van der Waals surface area contributed by atoms with E-state index in [1.54, 1.807) is 24.3 Å². The van der Waals surface area contributed by atoms with Crippen molar-refractivity contribution in [1.82, 2.24) is 5.32 Å². The molecule has 0 bridgehead atoms. The number of alkyl halides is 2. The van der Waals surface area contributed by atoms with Gasteiger partial charge < -0.3 is 14.8 Å². The Morgan fingerprint density at radius 3 is 2.65 bits per heavy atom. The molecule has 1 rings (SSSR count). The molecule has 3 nitrogen and oxygen atoms in total. The van der Waals surface area contributed by atoms with Crippen LogP contribution in [0.5, 0.6) is 11.5 Å². The molecule has 0 heterocycles. The maximum Gasteiger partial charge on any atom is 0.387 e. The minimum absolute atomic E-state index is 0.0603. The predicted octanol–water partition coefficient (Wildman–Crippen LogP) is 3.56. The lowest BCUT2D eigenvalue weighted by atomic mass is 10.1. The Morgan fingerprint density at radius 2 is 2.05 bits per heavy atom. The largest absolute Gasteiger partial charge is 0.493 e. The van der Waals surface area contributed by atoms with Crippen LogP contribution in [-0.2, 0) is 0 Å². The lowest BCUT2D eigenvalue weighted by molar-refractivity contribution is -0.0513.